The van der Waals surface area contributed by atoms with Gasteiger partial charge in [0.25, 0.3) is 0 Å². The van der Waals surface area contributed by atoms with Crippen LogP contribution >= 0.6 is 11.3 Å². The van der Waals surface area contributed by atoms with E-state index in [4.69, 9.17) is 10.3 Å². The van der Waals surface area contributed by atoms with Crippen molar-refractivity contribution in [1.29, 1.82) is 0 Å². The van der Waals surface area contributed by atoms with Gasteiger partial charge >= 0.3 is 5.00 Å². The summed E-state index contributed by atoms with van der Waals surface area (Å²) in [4.78, 5) is 10.9. The van der Waals surface area contributed by atoms with E-state index in [1.807, 2.05) is 13.8 Å². The van der Waals surface area contributed by atoms with Crippen LogP contribution < -0.4 is 5.73 Å². The predicted molar refractivity (Wildman–Crippen MR) is 65.0 cm³/mol. The zero-order chi connectivity index (χ0) is 12.6. The fourth-order valence-electron chi connectivity index (χ4n) is 1.59. The van der Waals surface area contributed by atoms with E-state index in [9.17, 15) is 10.1 Å². The van der Waals surface area contributed by atoms with Crippen molar-refractivity contribution in [3.63, 3.8) is 0 Å². The molecule has 0 amide bonds. The van der Waals surface area contributed by atoms with Crippen LogP contribution in [0.3, 0.4) is 0 Å². The molecule has 2 aromatic heterocycles. The normalized spacial score (nSPS) is 11.0. The number of hydrogen-bond donors (Lipinski definition) is 1. The van der Waals surface area contributed by atoms with Crippen LogP contribution in [-0.2, 0) is 0 Å². The number of anilines is 1. The Morgan fingerprint density at radius 2 is 2.24 bits per heavy atom. The van der Waals surface area contributed by atoms with Gasteiger partial charge in [-0.2, -0.15) is 0 Å². The van der Waals surface area contributed by atoms with Gasteiger partial charge in [0.05, 0.1) is 9.80 Å². The number of hydrogen-bond acceptors (Lipinski definition) is 6. The van der Waals surface area contributed by atoms with Crippen LogP contribution in [0.2, 0.25) is 0 Å². The van der Waals surface area contributed by atoms with Gasteiger partial charge in [0.1, 0.15) is 0 Å². The maximum atomic E-state index is 10.6. The number of thiophene rings is 1. The van der Waals surface area contributed by atoms with Crippen molar-refractivity contribution in [3.05, 3.63) is 27.8 Å². The highest BCUT2D eigenvalue weighted by Crippen LogP contribution is 2.39. The molecule has 2 aromatic rings. The first-order chi connectivity index (χ1) is 8.00. The molecule has 0 saturated carbocycles. The van der Waals surface area contributed by atoms with Crippen molar-refractivity contribution in [2.24, 2.45) is 0 Å². The lowest BCUT2D eigenvalue weighted by Gasteiger charge is -2.02. The quantitative estimate of drug-likeness (QED) is 0.670. The van der Waals surface area contributed by atoms with Gasteiger partial charge in [-0.3, -0.25) is 10.1 Å². The van der Waals surface area contributed by atoms with E-state index < -0.39 is 4.92 Å². The SMILES string of the molecule is CC(C)c1c(N)noc1-c1ccc([N+](=O)[O-])s1. The van der Waals surface area contributed by atoms with Crippen molar-refractivity contribution >= 4 is 22.2 Å². The number of nitrogens with two attached hydrogens (primary N) is 1. The molecular weight excluding hydrogens is 242 g/mol. The average molecular weight is 253 g/mol. The standard InChI is InChI=1S/C10H11N3O3S/c1-5(2)8-9(16-12-10(8)11)6-3-4-7(17-6)13(14)15/h3-5H,1-2H3,(H2,11,12). The molecule has 0 aliphatic heterocycles. The molecule has 0 aliphatic carbocycles. The molecule has 0 bridgehead atoms. The molecule has 2 rings (SSSR count). The molecule has 90 valence electrons. The van der Waals surface area contributed by atoms with E-state index >= 15 is 0 Å². The van der Waals surface area contributed by atoms with Gasteiger partial charge in [-0.15, -0.1) is 0 Å². The molecule has 6 nitrogen and oxygen atoms in total. The largest absolute Gasteiger partial charge is 0.381 e. The predicted octanol–water partition coefficient (Wildman–Crippen LogP) is 3.02. The van der Waals surface area contributed by atoms with E-state index in [1.165, 1.54) is 6.07 Å². The number of nitrogen functional groups attached to an aromatic ring is 1. The number of rotatable bonds is 3. The topological polar surface area (TPSA) is 95.2 Å². The van der Waals surface area contributed by atoms with E-state index in [-0.39, 0.29) is 10.9 Å². The summed E-state index contributed by atoms with van der Waals surface area (Å²) in [5, 5.41) is 14.4. The zero-order valence-corrected chi connectivity index (χ0v) is 10.2. The van der Waals surface area contributed by atoms with Crippen LogP contribution in [0, 0.1) is 10.1 Å². The fourth-order valence-corrected chi connectivity index (χ4v) is 2.40. The van der Waals surface area contributed by atoms with Crippen LogP contribution in [0.4, 0.5) is 10.8 Å². The van der Waals surface area contributed by atoms with Gasteiger partial charge < -0.3 is 10.3 Å². The molecule has 0 spiro atoms. The Morgan fingerprint density at radius 1 is 1.53 bits per heavy atom. The Hall–Kier alpha value is -1.89. The third-order valence-electron chi connectivity index (χ3n) is 2.33. The molecule has 0 aromatic carbocycles. The zero-order valence-electron chi connectivity index (χ0n) is 9.34. The summed E-state index contributed by atoms with van der Waals surface area (Å²) < 4.78 is 5.15. The average Bonchev–Trinajstić information content (AvgIpc) is 2.82. The summed E-state index contributed by atoms with van der Waals surface area (Å²) in [6, 6.07) is 3.09. The smallest absolute Gasteiger partial charge is 0.324 e. The first-order valence-electron chi connectivity index (χ1n) is 5.00. The van der Waals surface area contributed by atoms with Crippen LogP contribution in [0.25, 0.3) is 10.6 Å². The van der Waals surface area contributed by atoms with Crippen LogP contribution in [-0.4, -0.2) is 10.1 Å². The third kappa shape index (κ3) is 2.01. The fraction of sp³-hybridized carbons (Fsp3) is 0.300. The third-order valence-corrected chi connectivity index (χ3v) is 3.36. The lowest BCUT2D eigenvalue weighted by Crippen LogP contribution is -1.94. The van der Waals surface area contributed by atoms with Gasteiger partial charge in [-0.25, -0.2) is 0 Å². The van der Waals surface area contributed by atoms with Crippen molar-refractivity contribution < 1.29 is 9.45 Å². The van der Waals surface area contributed by atoms with Gasteiger partial charge in [0.2, 0.25) is 0 Å². The number of nitrogens with zero attached hydrogens (tertiary/aromatic N) is 2. The molecule has 2 heterocycles. The lowest BCUT2D eigenvalue weighted by molar-refractivity contribution is -0.380. The maximum Gasteiger partial charge on any atom is 0.324 e. The molecule has 0 unspecified atom stereocenters. The molecular formula is C10H11N3O3S. The van der Waals surface area contributed by atoms with Crippen molar-refractivity contribution in [2.75, 3.05) is 5.73 Å². The lowest BCUT2D eigenvalue weighted by atomic mass is 10.0. The van der Waals surface area contributed by atoms with Crippen LogP contribution in [0.1, 0.15) is 25.3 Å². The second kappa shape index (κ2) is 4.17. The second-order valence-corrected chi connectivity index (χ2v) is 4.92. The minimum Gasteiger partial charge on any atom is -0.381 e. The highest BCUT2D eigenvalue weighted by Gasteiger charge is 2.21. The van der Waals surface area contributed by atoms with E-state index in [0.717, 1.165) is 16.9 Å². The second-order valence-electron chi connectivity index (χ2n) is 3.86. The minimum absolute atomic E-state index is 0.0738. The molecule has 0 fully saturated rings. The van der Waals surface area contributed by atoms with E-state index in [0.29, 0.717) is 16.5 Å². The monoisotopic (exact) mass is 253 g/mol. The molecule has 0 saturated heterocycles. The van der Waals surface area contributed by atoms with Crippen molar-refractivity contribution in [2.45, 2.75) is 19.8 Å². The van der Waals surface area contributed by atoms with Crippen LogP contribution in [0.15, 0.2) is 16.7 Å². The molecule has 17 heavy (non-hydrogen) atoms. The van der Waals surface area contributed by atoms with E-state index in [1.54, 1.807) is 6.07 Å². The molecule has 0 atom stereocenters. The number of aromatic nitrogens is 1. The molecule has 2 N–H and O–H groups in total. The van der Waals surface area contributed by atoms with Gasteiger partial charge in [-0.05, 0) is 12.0 Å². The number of nitro groups is 1. The van der Waals surface area contributed by atoms with Gasteiger partial charge in [-0.1, -0.05) is 30.3 Å². The summed E-state index contributed by atoms with van der Waals surface area (Å²) in [5.74, 6) is 1.01. The minimum atomic E-state index is -0.428. The van der Waals surface area contributed by atoms with Gasteiger partial charge in [0.15, 0.2) is 11.6 Å². The van der Waals surface area contributed by atoms with Crippen molar-refractivity contribution in [3.8, 4) is 10.6 Å². The Kier molecular flexibility index (Phi) is 2.84. The van der Waals surface area contributed by atoms with Crippen LogP contribution in [0.5, 0.6) is 0 Å². The molecule has 7 heteroatoms. The maximum absolute atomic E-state index is 10.6. The Morgan fingerprint density at radius 3 is 2.76 bits per heavy atom. The first-order valence-corrected chi connectivity index (χ1v) is 5.82. The highest BCUT2D eigenvalue weighted by atomic mass is 32.1. The summed E-state index contributed by atoms with van der Waals surface area (Å²) >= 11 is 1.05. The van der Waals surface area contributed by atoms with Crippen molar-refractivity contribution in [1.82, 2.24) is 5.16 Å². The molecule has 0 radical (unpaired) electrons. The first kappa shape index (κ1) is 11.6. The summed E-state index contributed by atoms with van der Waals surface area (Å²) in [6.45, 7) is 3.93. The summed E-state index contributed by atoms with van der Waals surface area (Å²) in [5.41, 5.74) is 6.51. The Labute approximate surface area is 101 Å². The van der Waals surface area contributed by atoms with Gasteiger partial charge in [0, 0.05) is 11.6 Å². The van der Waals surface area contributed by atoms with E-state index in [2.05, 4.69) is 5.16 Å². The highest BCUT2D eigenvalue weighted by molar-refractivity contribution is 7.18. The Balaban J connectivity index is 2.49. The summed E-state index contributed by atoms with van der Waals surface area (Å²) in [7, 11) is 0. The molecule has 0 aliphatic rings. The summed E-state index contributed by atoms with van der Waals surface area (Å²) in [6.07, 6.45) is 0. The Bertz CT molecular complexity index is 559.